The normalized spacial score (nSPS) is 23.2. The third-order valence-electron chi connectivity index (χ3n) is 3.04. The van der Waals surface area contributed by atoms with Crippen LogP contribution in [0.3, 0.4) is 0 Å². The van der Waals surface area contributed by atoms with Crippen LogP contribution in [0.25, 0.3) is 0 Å². The number of hydrogen-bond acceptors (Lipinski definition) is 3. The van der Waals surface area contributed by atoms with Crippen LogP contribution >= 0.6 is 0 Å². The van der Waals surface area contributed by atoms with Crippen LogP contribution in [0.2, 0.25) is 0 Å². The lowest BCUT2D eigenvalue weighted by atomic mass is 9.99. The average molecular weight is 210 g/mol. The number of aryl methyl sites for hydroxylation is 1. The molecule has 4 nitrogen and oxygen atoms in total. The maximum absolute atomic E-state index is 10.0. The van der Waals surface area contributed by atoms with Gasteiger partial charge >= 0.3 is 0 Å². The van der Waals surface area contributed by atoms with Gasteiger partial charge in [0.2, 0.25) is 0 Å². The molecule has 1 fully saturated rings. The van der Waals surface area contributed by atoms with Crippen LogP contribution in [0.1, 0.15) is 19.2 Å². The lowest BCUT2D eigenvalue weighted by molar-refractivity contribution is 0.0896. The Morgan fingerprint density at radius 3 is 3.27 bits per heavy atom. The van der Waals surface area contributed by atoms with E-state index < -0.39 is 0 Å². The summed E-state index contributed by atoms with van der Waals surface area (Å²) < 4.78 is 7.34. The van der Waals surface area contributed by atoms with Crippen molar-refractivity contribution in [3.8, 4) is 0 Å². The lowest BCUT2D eigenvalue weighted by Crippen LogP contribution is -2.24. The predicted molar refractivity (Wildman–Crippen MR) is 56.5 cm³/mol. The second kappa shape index (κ2) is 4.77. The SMILES string of the molecule is CCn1ccnc1CC(O)C1CCOC1. The predicted octanol–water partition coefficient (Wildman–Crippen LogP) is 0.843. The first-order chi connectivity index (χ1) is 7.31. The molecule has 2 atom stereocenters. The third kappa shape index (κ3) is 2.38. The Hall–Kier alpha value is -0.870. The van der Waals surface area contributed by atoms with Crippen LogP contribution in [0.5, 0.6) is 0 Å². The van der Waals surface area contributed by atoms with Gasteiger partial charge in [0, 0.05) is 37.9 Å². The summed E-state index contributed by atoms with van der Waals surface area (Å²) in [5.74, 6) is 1.25. The van der Waals surface area contributed by atoms with Crippen molar-refractivity contribution in [2.75, 3.05) is 13.2 Å². The van der Waals surface area contributed by atoms with E-state index in [1.807, 2.05) is 6.20 Å². The molecule has 1 aliphatic rings. The smallest absolute Gasteiger partial charge is 0.111 e. The fourth-order valence-corrected chi connectivity index (χ4v) is 2.03. The maximum atomic E-state index is 10.0. The molecule has 1 aliphatic heterocycles. The summed E-state index contributed by atoms with van der Waals surface area (Å²) in [5, 5.41) is 10.0. The number of aromatic nitrogens is 2. The molecule has 4 heteroatoms. The van der Waals surface area contributed by atoms with Crippen LogP contribution in [-0.4, -0.2) is 34.0 Å². The summed E-state index contributed by atoms with van der Waals surface area (Å²) in [6, 6.07) is 0. The van der Waals surface area contributed by atoms with Gasteiger partial charge in [-0.25, -0.2) is 4.98 Å². The molecular weight excluding hydrogens is 192 g/mol. The monoisotopic (exact) mass is 210 g/mol. The van der Waals surface area contributed by atoms with E-state index in [-0.39, 0.29) is 12.0 Å². The molecule has 2 rings (SSSR count). The zero-order chi connectivity index (χ0) is 10.7. The van der Waals surface area contributed by atoms with E-state index in [0.29, 0.717) is 13.0 Å². The first-order valence-corrected chi connectivity index (χ1v) is 5.57. The second-order valence-corrected chi connectivity index (χ2v) is 4.02. The summed E-state index contributed by atoms with van der Waals surface area (Å²) >= 11 is 0. The van der Waals surface area contributed by atoms with Crippen LogP contribution in [0.15, 0.2) is 12.4 Å². The number of aliphatic hydroxyl groups excluding tert-OH is 1. The number of hydrogen-bond donors (Lipinski definition) is 1. The Kier molecular flexibility index (Phi) is 3.38. The highest BCUT2D eigenvalue weighted by Crippen LogP contribution is 2.19. The highest BCUT2D eigenvalue weighted by atomic mass is 16.5. The molecule has 1 aromatic rings. The molecular formula is C11H18N2O2. The van der Waals surface area contributed by atoms with Gasteiger partial charge in [0.05, 0.1) is 12.7 Å². The van der Waals surface area contributed by atoms with Crippen molar-refractivity contribution >= 4 is 0 Å². The lowest BCUT2D eigenvalue weighted by Gasteiger charge is -2.16. The molecule has 2 heterocycles. The van der Waals surface area contributed by atoms with E-state index in [1.54, 1.807) is 6.20 Å². The summed E-state index contributed by atoms with van der Waals surface area (Å²) in [6.45, 7) is 4.46. The van der Waals surface area contributed by atoms with Gasteiger partial charge in [0.25, 0.3) is 0 Å². The summed E-state index contributed by atoms with van der Waals surface area (Å²) in [6.07, 6.45) is 5.02. The minimum absolute atomic E-state index is 0.284. The topological polar surface area (TPSA) is 47.3 Å². The molecule has 0 aliphatic carbocycles. The van der Waals surface area contributed by atoms with Crippen molar-refractivity contribution in [3.05, 3.63) is 18.2 Å². The van der Waals surface area contributed by atoms with Crippen molar-refractivity contribution in [2.24, 2.45) is 5.92 Å². The Morgan fingerprint density at radius 1 is 1.73 bits per heavy atom. The van der Waals surface area contributed by atoms with Gasteiger partial charge in [-0.15, -0.1) is 0 Å². The minimum atomic E-state index is -0.319. The Labute approximate surface area is 89.9 Å². The Bertz CT molecular complexity index is 305. The number of nitrogens with zero attached hydrogens (tertiary/aromatic N) is 2. The minimum Gasteiger partial charge on any atom is -0.392 e. The molecule has 1 aromatic heterocycles. The highest BCUT2D eigenvalue weighted by Gasteiger charge is 2.25. The zero-order valence-electron chi connectivity index (χ0n) is 9.09. The molecule has 0 saturated carbocycles. The van der Waals surface area contributed by atoms with Gasteiger partial charge in [-0.1, -0.05) is 0 Å². The quantitative estimate of drug-likeness (QED) is 0.801. The van der Waals surface area contributed by atoms with Crippen LogP contribution in [0, 0.1) is 5.92 Å². The highest BCUT2D eigenvalue weighted by molar-refractivity contribution is 4.95. The van der Waals surface area contributed by atoms with Crippen LogP contribution < -0.4 is 0 Å². The number of aliphatic hydroxyl groups is 1. The zero-order valence-corrected chi connectivity index (χ0v) is 9.09. The van der Waals surface area contributed by atoms with Crippen LogP contribution in [0.4, 0.5) is 0 Å². The first kappa shape index (κ1) is 10.6. The van der Waals surface area contributed by atoms with E-state index in [0.717, 1.165) is 25.4 Å². The van der Waals surface area contributed by atoms with Crippen molar-refractivity contribution in [3.63, 3.8) is 0 Å². The third-order valence-corrected chi connectivity index (χ3v) is 3.04. The molecule has 0 spiro atoms. The summed E-state index contributed by atoms with van der Waals surface area (Å²) in [7, 11) is 0. The average Bonchev–Trinajstić information content (AvgIpc) is 2.87. The molecule has 0 radical (unpaired) electrons. The van der Waals surface area contributed by atoms with Gasteiger partial charge in [0.15, 0.2) is 0 Å². The number of imidazole rings is 1. The fourth-order valence-electron chi connectivity index (χ4n) is 2.03. The molecule has 1 N–H and O–H groups in total. The van der Waals surface area contributed by atoms with Gasteiger partial charge in [-0.3, -0.25) is 0 Å². The fraction of sp³-hybridized carbons (Fsp3) is 0.727. The number of ether oxygens (including phenoxy) is 1. The van der Waals surface area contributed by atoms with Crippen molar-refractivity contribution < 1.29 is 9.84 Å². The Balaban J connectivity index is 1.95. The molecule has 1 saturated heterocycles. The molecule has 84 valence electrons. The van der Waals surface area contributed by atoms with Gasteiger partial charge in [-0.05, 0) is 13.3 Å². The van der Waals surface area contributed by atoms with Crippen LogP contribution in [-0.2, 0) is 17.7 Å². The molecule has 0 aromatic carbocycles. The van der Waals surface area contributed by atoms with Gasteiger partial charge in [0.1, 0.15) is 5.82 Å². The Morgan fingerprint density at radius 2 is 2.60 bits per heavy atom. The summed E-state index contributed by atoms with van der Waals surface area (Å²) in [5.41, 5.74) is 0. The van der Waals surface area contributed by atoms with E-state index in [9.17, 15) is 5.11 Å². The molecule has 2 unspecified atom stereocenters. The summed E-state index contributed by atoms with van der Waals surface area (Å²) in [4.78, 5) is 4.26. The number of rotatable bonds is 4. The molecule has 0 amide bonds. The standard InChI is InChI=1S/C11H18N2O2/c1-2-13-5-4-12-11(13)7-10(14)9-3-6-15-8-9/h4-5,9-10,14H,2-3,6-8H2,1H3. The van der Waals surface area contributed by atoms with E-state index in [2.05, 4.69) is 16.5 Å². The van der Waals surface area contributed by atoms with Crippen molar-refractivity contribution in [2.45, 2.75) is 32.4 Å². The van der Waals surface area contributed by atoms with E-state index in [1.165, 1.54) is 0 Å². The van der Waals surface area contributed by atoms with E-state index in [4.69, 9.17) is 4.74 Å². The van der Waals surface area contributed by atoms with Crippen molar-refractivity contribution in [1.29, 1.82) is 0 Å². The van der Waals surface area contributed by atoms with E-state index >= 15 is 0 Å². The van der Waals surface area contributed by atoms with Crippen molar-refractivity contribution in [1.82, 2.24) is 9.55 Å². The largest absolute Gasteiger partial charge is 0.392 e. The molecule has 0 bridgehead atoms. The van der Waals surface area contributed by atoms with Gasteiger partial charge in [-0.2, -0.15) is 0 Å². The molecule has 15 heavy (non-hydrogen) atoms. The maximum Gasteiger partial charge on any atom is 0.111 e. The second-order valence-electron chi connectivity index (χ2n) is 4.02. The first-order valence-electron chi connectivity index (χ1n) is 5.57. The van der Waals surface area contributed by atoms with Gasteiger partial charge < -0.3 is 14.4 Å².